The van der Waals surface area contributed by atoms with Gasteiger partial charge in [-0.25, -0.2) is 14.8 Å². The van der Waals surface area contributed by atoms with Crippen LogP contribution in [0.2, 0.25) is 0 Å². The van der Waals surface area contributed by atoms with Crippen molar-refractivity contribution >= 4 is 17.5 Å². The molecule has 0 aliphatic heterocycles. The molecule has 0 saturated carbocycles. The van der Waals surface area contributed by atoms with Gasteiger partial charge in [0.25, 0.3) is 0 Å². The molecular formula is C19H26N2O4. The number of hydrogen-bond donors (Lipinski definition) is 0. The summed E-state index contributed by atoms with van der Waals surface area (Å²) in [6.45, 7) is 9.45. The summed E-state index contributed by atoms with van der Waals surface area (Å²) in [7, 11) is 0. The molecule has 1 aromatic rings. The highest BCUT2D eigenvalue weighted by Crippen LogP contribution is 2.30. The molecule has 25 heavy (non-hydrogen) atoms. The highest BCUT2D eigenvalue weighted by molar-refractivity contribution is 5.89. The third-order valence-corrected chi connectivity index (χ3v) is 3.88. The predicted octanol–water partition coefficient (Wildman–Crippen LogP) is 3.49. The van der Waals surface area contributed by atoms with Crippen LogP contribution in [0.15, 0.2) is 12.3 Å². The maximum Gasteiger partial charge on any atom is 0.357 e. The molecule has 0 radical (unpaired) electrons. The zero-order valence-corrected chi connectivity index (χ0v) is 15.6. The van der Waals surface area contributed by atoms with Crippen LogP contribution in [0.3, 0.4) is 0 Å². The van der Waals surface area contributed by atoms with E-state index in [1.54, 1.807) is 20.0 Å². The number of aryl methyl sites for hydroxylation is 1. The van der Waals surface area contributed by atoms with E-state index in [4.69, 9.17) is 9.47 Å². The molecule has 0 bridgehead atoms. The maximum absolute atomic E-state index is 12.2. The average Bonchev–Trinajstić information content (AvgIpc) is 2.54. The van der Waals surface area contributed by atoms with Gasteiger partial charge >= 0.3 is 11.9 Å². The topological polar surface area (TPSA) is 78.4 Å². The van der Waals surface area contributed by atoms with E-state index in [2.05, 4.69) is 9.97 Å². The van der Waals surface area contributed by atoms with Gasteiger partial charge in [0.1, 0.15) is 5.60 Å². The quantitative estimate of drug-likeness (QED) is 0.777. The number of esters is 2. The maximum atomic E-state index is 12.2. The van der Waals surface area contributed by atoms with Gasteiger partial charge in [0.05, 0.1) is 12.5 Å². The first-order valence-corrected chi connectivity index (χ1v) is 8.64. The summed E-state index contributed by atoms with van der Waals surface area (Å²) in [6, 6.07) is 0. The summed E-state index contributed by atoms with van der Waals surface area (Å²) in [5.74, 6) is -0.222. The lowest BCUT2D eigenvalue weighted by atomic mass is 9.89. The molecule has 1 aliphatic rings. The molecule has 0 fully saturated rings. The molecule has 0 saturated heterocycles. The summed E-state index contributed by atoms with van der Waals surface area (Å²) < 4.78 is 10.5. The lowest BCUT2D eigenvalue weighted by Gasteiger charge is -2.25. The Hall–Kier alpha value is -2.24. The molecule has 0 spiro atoms. The Morgan fingerprint density at radius 3 is 2.60 bits per heavy atom. The fourth-order valence-electron chi connectivity index (χ4n) is 2.64. The van der Waals surface area contributed by atoms with Gasteiger partial charge in [0.2, 0.25) is 0 Å². The minimum atomic E-state index is -0.477. The Labute approximate surface area is 148 Å². The Bertz CT molecular complexity index is 689. The number of hydrogen-bond acceptors (Lipinski definition) is 6. The number of nitrogens with zero attached hydrogens (tertiary/aromatic N) is 2. The first-order chi connectivity index (χ1) is 11.7. The Balaban J connectivity index is 2.12. The van der Waals surface area contributed by atoms with Crippen LogP contribution in [0.1, 0.15) is 68.8 Å². The molecule has 136 valence electrons. The molecule has 1 atom stereocenters. The fourth-order valence-corrected chi connectivity index (χ4v) is 2.64. The van der Waals surface area contributed by atoms with Gasteiger partial charge in [-0.3, -0.25) is 4.79 Å². The van der Waals surface area contributed by atoms with Crippen molar-refractivity contribution in [2.24, 2.45) is 5.92 Å². The van der Waals surface area contributed by atoms with E-state index >= 15 is 0 Å². The minimum Gasteiger partial charge on any atom is -0.461 e. The Kier molecular flexibility index (Phi) is 5.93. The van der Waals surface area contributed by atoms with Crippen LogP contribution in [-0.4, -0.2) is 34.1 Å². The molecule has 1 aliphatic carbocycles. The predicted molar refractivity (Wildman–Crippen MR) is 93.9 cm³/mol. The van der Waals surface area contributed by atoms with E-state index in [0.717, 1.165) is 5.57 Å². The highest BCUT2D eigenvalue weighted by Gasteiger charge is 2.28. The van der Waals surface area contributed by atoms with Crippen LogP contribution in [0.25, 0.3) is 5.57 Å². The lowest BCUT2D eigenvalue weighted by Crippen LogP contribution is -2.29. The number of rotatable bonds is 4. The van der Waals surface area contributed by atoms with E-state index in [0.29, 0.717) is 43.0 Å². The summed E-state index contributed by atoms with van der Waals surface area (Å²) in [4.78, 5) is 32.9. The van der Waals surface area contributed by atoms with Gasteiger partial charge in [0, 0.05) is 11.8 Å². The molecule has 6 heteroatoms. The van der Waals surface area contributed by atoms with Crippen LogP contribution >= 0.6 is 0 Å². The van der Waals surface area contributed by atoms with Gasteiger partial charge in [-0.1, -0.05) is 6.08 Å². The van der Waals surface area contributed by atoms with Crippen LogP contribution in [-0.2, 0) is 14.3 Å². The van der Waals surface area contributed by atoms with Crippen molar-refractivity contribution in [3.05, 3.63) is 29.4 Å². The third-order valence-electron chi connectivity index (χ3n) is 3.88. The van der Waals surface area contributed by atoms with Crippen molar-refractivity contribution in [2.75, 3.05) is 6.61 Å². The van der Waals surface area contributed by atoms with Gasteiger partial charge in [-0.05, 0) is 59.5 Å². The molecule has 1 heterocycles. The van der Waals surface area contributed by atoms with Crippen molar-refractivity contribution in [1.29, 1.82) is 0 Å². The zero-order valence-electron chi connectivity index (χ0n) is 15.6. The van der Waals surface area contributed by atoms with E-state index in [1.807, 2.05) is 26.8 Å². The summed E-state index contributed by atoms with van der Waals surface area (Å²) in [5.41, 5.74) is 1.45. The third kappa shape index (κ3) is 5.11. The first kappa shape index (κ1) is 19.1. The van der Waals surface area contributed by atoms with Gasteiger partial charge in [0.15, 0.2) is 11.5 Å². The number of ether oxygens (including phenoxy) is 2. The van der Waals surface area contributed by atoms with Crippen molar-refractivity contribution in [3.63, 3.8) is 0 Å². The Morgan fingerprint density at radius 2 is 2.04 bits per heavy atom. The van der Waals surface area contributed by atoms with Crippen LogP contribution < -0.4 is 0 Å². The second-order valence-corrected chi connectivity index (χ2v) is 7.18. The number of carbonyl (C=O) groups is 2. The molecule has 0 N–H and O–H groups in total. The summed E-state index contributed by atoms with van der Waals surface area (Å²) in [6.07, 6.45) is 5.56. The average molecular weight is 346 g/mol. The van der Waals surface area contributed by atoms with E-state index in [-0.39, 0.29) is 11.9 Å². The number of aromatic nitrogens is 2. The fraction of sp³-hybridized carbons (Fsp3) is 0.579. The van der Waals surface area contributed by atoms with Crippen LogP contribution in [0.5, 0.6) is 0 Å². The van der Waals surface area contributed by atoms with Gasteiger partial charge in [-0.15, -0.1) is 0 Å². The second kappa shape index (κ2) is 7.76. The van der Waals surface area contributed by atoms with Crippen LogP contribution in [0.4, 0.5) is 0 Å². The van der Waals surface area contributed by atoms with E-state index < -0.39 is 11.6 Å². The van der Waals surface area contributed by atoms with Crippen molar-refractivity contribution in [1.82, 2.24) is 9.97 Å². The zero-order chi connectivity index (χ0) is 18.6. The first-order valence-electron chi connectivity index (χ1n) is 8.64. The molecular weight excluding hydrogens is 320 g/mol. The highest BCUT2D eigenvalue weighted by atomic mass is 16.6. The molecule has 1 aromatic heterocycles. The normalized spacial score (nSPS) is 17.6. The van der Waals surface area contributed by atoms with Gasteiger partial charge in [-0.2, -0.15) is 0 Å². The van der Waals surface area contributed by atoms with Gasteiger partial charge < -0.3 is 9.47 Å². The monoisotopic (exact) mass is 346 g/mol. The molecule has 2 rings (SSSR count). The van der Waals surface area contributed by atoms with Crippen LogP contribution in [0, 0.1) is 12.8 Å². The SMILES string of the molecule is CCOC(=O)c1nc(C2=CCC(C(=O)OC(C)(C)C)CC2)ncc1C. The standard InChI is InChI=1S/C19H26N2O4/c1-6-24-18(23)15-12(2)11-20-16(21-15)13-7-9-14(10-8-13)17(22)25-19(3,4)5/h7,11,14H,6,8-10H2,1-5H3. The Morgan fingerprint density at radius 1 is 1.32 bits per heavy atom. The second-order valence-electron chi connectivity index (χ2n) is 7.18. The summed E-state index contributed by atoms with van der Waals surface area (Å²) >= 11 is 0. The molecule has 1 unspecified atom stereocenters. The molecule has 6 nitrogen and oxygen atoms in total. The molecule has 0 aromatic carbocycles. The summed E-state index contributed by atoms with van der Waals surface area (Å²) in [5, 5.41) is 0. The van der Waals surface area contributed by atoms with Crippen molar-refractivity contribution in [2.45, 2.75) is 59.5 Å². The number of carbonyl (C=O) groups excluding carboxylic acids is 2. The van der Waals surface area contributed by atoms with Crippen molar-refractivity contribution in [3.8, 4) is 0 Å². The van der Waals surface area contributed by atoms with E-state index in [1.165, 1.54) is 0 Å². The largest absolute Gasteiger partial charge is 0.461 e. The minimum absolute atomic E-state index is 0.141. The van der Waals surface area contributed by atoms with E-state index in [9.17, 15) is 9.59 Å². The van der Waals surface area contributed by atoms with Crippen molar-refractivity contribution < 1.29 is 19.1 Å². The lowest BCUT2D eigenvalue weighted by molar-refractivity contribution is -0.160. The number of allylic oxidation sites excluding steroid dienone is 2. The smallest absolute Gasteiger partial charge is 0.357 e. The molecule has 0 amide bonds.